The average Bonchev–Trinajstić information content (AvgIpc) is 2.74. The van der Waals surface area contributed by atoms with E-state index in [9.17, 15) is 4.39 Å². The number of hydrogen-bond donors (Lipinski definition) is 1. The van der Waals surface area contributed by atoms with Crippen LogP contribution in [0, 0.1) is 5.82 Å². The highest BCUT2D eigenvalue weighted by atomic mass is 79.9. The first-order chi connectivity index (χ1) is 8.65. The van der Waals surface area contributed by atoms with Crippen molar-refractivity contribution < 1.29 is 4.39 Å². The van der Waals surface area contributed by atoms with Crippen LogP contribution in [0.4, 0.5) is 4.39 Å². The van der Waals surface area contributed by atoms with Gasteiger partial charge in [-0.25, -0.2) is 9.37 Å². The van der Waals surface area contributed by atoms with Crippen molar-refractivity contribution in [1.29, 1.82) is 0 Å². The molecule has 0 fully saturated rings. The molecule has 0 saturated carbocycles. The topological polar surface area (TPSA) is 38.9 Å². The molecule has 2 nitrogen and oxygen atoms in total. The van der Waals surface area contributed by atoms with E-state index in [1.165, 1.54) is 17.0 Å². The molecule has 94 valence electrons. The lowest BCUT2D eigenvalue weighted by atomic mass is 9.99. The lowest BCUT2D eigenvalue weighted by Crippen LogP contribution is -2.15. The lowest BCUT2D eigenvalue weighted by Gasteiger charge is -2.15. The molecule has 2 aromatic rings. The van der Waals surface area contributed by atoms with E-state index in [-0.39, 0.29) is 11.9 Å². The van der Waals surface area contributed by atoms with Crippen LogP contribution >= 0.6 is 27.3 Å². The van der Waals surface area contributed by atoms with Gasteiger partial charge in [-0.2, -0.15) is 0 Å². The van der Waals surface area contributed by atoms with Gasteiger partial charge < -0.3 is 5.73 Å². The van der Waals surface area contributed by atoms with Crippen molar-refractivity contribution in [2.75, 3.05) is 0 Å². The minimum absolute atomic E-state index is 0.110. The molecule has 0 spiro atoms. The predicted molar refractivity (Wildman–Crippen MR) is 75.1 cm³/mol. The molecule has 1 unspecified atom stereocenters. The maximum atomic E-state index is 13.1. The fourth-order valence-electron chi connectivity index (χ4n) is 2.23. The Balaban J connectivity index is 2.07. The van der Waals surface area contributed by atoms with Gasteiger partial charge in [-0.15, -0.1) is 11.3 Å². The van der Waals surface area contributed by atoms with Crippen molar-refractivity contribution in [2.45, 2.75) is 25.3 Å². The molecule has 3 rings (SSSR count). The van der Waals surface area contributed by atoms with Crippen LogP contribution in [0.1, 0.15) is 29.5 Å². The Hall–Kier alpha value is -0.780. The van der Waals surface area contributed by atoms with Gasteiger partial charge in [-0.05, 0) is 53.4 Å². The van der Waals surface area contributed by atoms with Crippen LogP contribution in [0.15, 0.2) is 22.7 Å². The van der Waals surface area contributed by atoms with Crippen LogP contribution in [0.3, 0.4) is 0 Å². The molecule has 0 aliphatic heterocycles. The zero-order valence-electron chi connectivity index (χ0n) is 9.62. The average molecular weight is 327 g/mol. The second-order valence-electron chi connectivity index (χ2n) is 4.45. The fraction of sp³-hybridized carbons (Fsp3) is 0.308. The summed E-state index contributed by atoms with van der Waals surface area (Å²) >= 11 is 5.02. The van der Waals surface area contributed by atoms with Crippen LogP contribution in [0.2, 0.25) is 0 Å². The number of nitrogens with two attached hydrogens (primary N) is 1. The van der Waals surface area contributed by atoms with Crippen molar-refractivity contribution in [3.63, 3.8) is 0 Å². The zero-order valence-corrected chi connectivity index (χ0v) is 12.0. The molecule has 5 heteroatoms. The third-order valence-corrected chi connectivity index (χ3v) is 5.07. The van der Waals surface area contributed by atoms with E-state index in [1.807, 2.05) is 0 Å². The van der Waals surface area contributed by atoms with E-state index in [4.69, 9.17) is 5.73 Å². The Morgan fingerprint density at radius 2 is 2.28 bits per heavy atom. The van der Waals surface area contributed by atoms with E-state index < -0.39 is 0 Å². The molecule has 0 saturated heterocycles. The summed E-state index contributed by atoms with van der Waals surface area (Å²) < 4.78 is 13.8. The summed E-state index contributed by atoms with van der Waals surface area (Å²) in [6.07, 6.45) is 3.12. The van der Waals surface area contributed by atoms with Crippen LogP contribution in [0.5, 0.6) is 0 Å². The van der Waals surface area contributed by atoms with Crippen molar-refractivity contribution in [2.24, 2.45) is 5.73 Å². The van der Waals surface area contributed by atoms with E-state index in [2.05, 4.69) is 20.9 Å². The molecule has 1 aromatic heterocycles. The summed E-state index contributed by atoms with van der Waals surface area (Å²) in [6, 6.07) is 4.80. The molecule has 2 N–H and O–H groups in total. The summed E-state index contributed by atoms with van der Waals surface area (Å²) in [5.41, 5.74) is 8.15. The summed E-state index contributed by atoms with van der Waals surface area (Å²) in [5, 5.41) is 0.921. The van der Waals surface area contributed by atoms with Crippen molar-refractivity contribution in [3.8, 4) is 10.6 Å². The maximum Gasteiger partial charge on any atom is 0.125 e. The first-order valence-electron chi connectivity index (χ1n) is 5.86. The molecular formula is C13H12BrFN2S. The number of aryl methyl sites for hydroxylation is 1. The van der Waals surface area contributed by atoms with Crippen LogP contribution in [0.25, 0.3) is 10.6 Å². The molecule has 1 heterocycles. The number of halogens is 2. The molecular weight excluding hydrogens is 315 g/mol. The highest BCUT2D eigenvalue weighted by Crippen LogP contribution is 2.39. The number of benzene rings is 1. The summed E-state index contributed by atoms with van der Waals surface area (Å²) in [6.45, 7) is 0. The Bertz CT molecular complexity index is 597. The van der Waals surface area contributed by atoms with Crippen molar-refractivity contribution in [1.82, 2.24) is 4.98 Å². The minimum atomic E-state index is -0.247. The standard InChI is InChI=1S/C13H12BrFN2S/c14-9-6-7(15)4-5-8(9)13-17-11-3-1-2-10(16)12(11)18-13/h4-6,10H,1-3,16H2. The van der Waals surface area contributed by atoms with Crippen molar-refractivity contribution in [3.05, 3.63) is 39.1 Å². The first kappa shape index (κ1) is 12.3. The van der Waals surface area contributed by atoms with Gasteiger partial charge in [0.15, 0.2) is 0 Å². The largest absolute Gasteiger partial charge is 0.323 e. The second kappa shape index (κ2) is 4.72. The Morgan fingerprint density at radius 1 is 1.44 bits per heavy atom. The minimum Gasteiger partial charge on any atom is -0.323 e. The van der Waals surface area contributed by atoms with Gasteiger partial charge in [-0.1, -0.05) is 0 Å². The molecule has 0 amide bonds. The van der Waals surface area contributed by atoms with E-state index in [1.54, 1.807) is 17.4 Å². The third kappa shape index (κ3) is 2.11. The molecule has 1 atom stereocenters. The molecule has 1 aromatic carbocycles. The number of aromatic nitrogens is 1. The van der Waals surface area contributed by atoms with E-state index in [0.29, 0.717) is 0 Å². The van der Waals surface area contributed by atoms with Gasteiger partial charge in [0.05, 0.1) is 5.69 Å². The molecule has 0 bridgehead atoms. The third-order valence-electron chi connectivity index (χ3n) is 3.15. The van der Waals surface area contributed by atoms with Gasteiger partial charge in [-0.3, -0.25) is 0 Å². The molecule has 1 aliphatic rings. The van der Waals surface area contributed by atoms with E-state index >= 15 is 0 Å². The zero-order chi connectivity index (χ0) is 12.7. The highest BCUT2D eigenvalue weighted by Gasteiger charge is 2.22. The lowest BCUT2D eigenvalue weighted by molar-refractivity contribution is 0.573. The SMILES string of the molecule is NC1CCCc2nc(-c3ccc(F)cc3Br)sc21. The van der Waals surface area contributed by atoms with Gasteiger partial charge in [0.2, 0.25) is 0 Å². The number of nitrogens with zero attached hydrogens (tertiary/aromatic N) is 1. The summed E-state index contributed by atoms with van der Waals surface area (Å²) in [5.74, 6) is -0.247. The van der Waals surface area contributed by atoms with E-state index in [0.717, 1.165) is 40.0 Å². The monoisotopic (exact) mass is 326 g/mol. The Kier molecular flexibility index (Phi) is 3.21. The first-order valence-corrected chi connectivity index (χ1v) is 7.46. The predicted octanol–water partition coefficient (Wildman–Crippen LogP) is 4.05. The normalized spacial score (nSPS) is 18.7. The maximum absolute atomic E-state index is 13.1. The fourth-order valence-corrected chi connectivity index (χ4v) is 4.09. The van der Waals surface area contributed by atoms with Gasteiger partial charge in [0.25, 0.3) is 0 Å². The van der Waals surface area contributed by atoms with Gasteiger partial charge in [0, 0.05) is 21.0 Å². The number of rotatable bonds is 1. The highest BCUT2D eigenvalue weighted by molar-refractivity contribution is 9.10. The second-order valence-corrected chi connectivity index (χ2v) is 6.34. The van der Waals surface area contributed by atoms with Crippen LogP contribution < -0.4 is 5.73 Å². The smallest absolute Gasteiger partial charge is 0.125 e. The summed E-state index contributed by atoms with van der Waals surface area (Å²) in [7, 11) is 0. The number of hydrogen-bond acceptors (Lipinski definition) is 3. The van der Waals surface area contributed by atoms with Crippen LogP contribution in [-0.4, -0.2) is 4.98 Å². The molecule has 1 aliphatic carbocycles. The molecule has 18 heavy (non-hydrogen) atoms. The van der Waals surface area contributed by atoms with Crippen LogP contribution in [-0.2, 0) is 6.42 Å². The Morgan fingerprint density at radius 3 is 3.00 bits per heavy atom. The van der Waals surface area contributed by atoms with Crippen molar-refractivity contribution >= 4 is 27.3 Å². The quantitative estimate of drug-likeness (QED) is 0.858. The number of fused-ring (bicyclic) bond motifs is 1. The Labute approximate surface area is 117 Å². The summed E-state index contributed by atoms with van der Waals surface area (Å²) in [4.78, 5) is 5.84. The van der Waals surface area contributed by atoms with Gasteiger partial charge >= 0.3 is 0 Å². The van der Waals surface area contributed by atoms with Gasteiger partial charge in [0.1, 0.15) is 10.8 Å². The number of thiazole rings is 1. The molecule has 0 radical (unpaired) electrons.